The number of hydrogen-bond acceptors (Lipinski definition) is 2. The van der Waals surface area contributed by atoms with Crippen LogP contribution in [0.5, 0.6) is 0 Å². The highest BCUT2D eigenvalue weighted by Gasteiger charge is 2.20. The molecule has 4 nitrogen and oxygen atoms in total. The Bertz CT molecular complexity index is 904. The predicted octanol–water partition coefficient (Wildman–Crippen LogP) is 4.87. The van der Waals surface area contributed by atoms with Crippen LogP contribution in [0.25, 0.3) is 5.65 Å². The van der Waals surface area contributed by atoms with Gasteiger partial charge in [0.25, 0.3) is 5.91 Å². The highest BCUT2D eigenvalue weighted by atomic mass is 79.9. The van der Waals surface area contributed by atoms with E-state index < -0.39 is 0 Å². The molecule has 0 aliphatic heterocycles. The first-order chi connectivity index (χ1) is 11.0. The molecule has 0 saturated carbocycles. The first kappa shape index (κ1) is 16.0. The molecule has 23 heavy (non-hydrogen) atoms. The van der Waals surface area contributed by atoms with Crippen molar-refractivity contribution in [1.82, 2.24) is 9.38 Å². The Morgan fingerprint density at radius 3 is 2.87 bits per heavy atom. The van der Waals surface area contributed by atoms with E-state index in [1.54, 1.807) is 24.3 Å². The van der Waals surface area contributed by atoms with Crippen LogP contribution in [0.1, 0.15) is 28.7 Å². The van der Waals surface area contributed by atoms with Gasteiger partial charge in [-0.25, -0.2) is 4.98 Å². The van der Waals surface area contributed by atoms with E-state index in [1.807, 2.05) is 30.5 Å². The number of carbonyl (C=O) groups is 1. The molecular weight excluding hydrogens is 378 g/mol. The third-order valence-electron chi connectivity index (χ3n) is 3.52. The lowest BCUT2D eigenvalue weighted by Gasteiger charge is -2.08. The van der Waals surface area contributed by atoms with Crippen molar-refractivity contribution >= 4 is 44.8 Å². The number of hydrogen-bond donors (Lipinski definition) is 1. The third kappa shape index (κ3) is 3.12. The number of imidazole rings is 1. The van der Waals surface area contributed by atoms with Crippen molar-refractivity contribution < 1.29 is 4.79 Å². The minimum absolute atomic E-state index is 0.200. The molecule has 2 heterocycles. The Balaban J connectivity index is 2.09. The number of nitrogens with one attached hydrogen (secondary N) is 1. The van der Waals surface area contributed by atoms with Gasteiger partial charge in [-0.1, -0.05) is 24.6 Å². The summed E-state index contributed by atoms with van der Waals surface area (Å²) in [7, 11) is 0. The molecule has 3 rings (SSSR count). The van der Waals surface area contributed by atoms with Crippen LogP contribution < -0.4 is 5.32 Å². The minimum Gasteiger partial charge on any atom is -0.321 e. The van der Waals surface area contributed by atoms with Crippen LogP contribution in [-0.2, 0) is 6.42 Å². The monoisotopic (exact) mass is 391 g/mol. The van der Waals surface area contributed by atoms with Gasteiger partial charge in [-0.2, -0.15) is 0 Å². The number of anilines is 1. The molecule has 0 bridgehead atoms. The average Bonchev–Trinajstić information content (AvgIpc) is 2.86. The van der Waals surface area contributed by atoms with E-state index in [0.717, 1.165) is 21.4 Å². The molecule has 0 radical (unpaired) electrons. The summed E-state index contributed by atoms with van der Waals surface area (Å²) in [5.74, 6) is -0.200. The third-order valence-corrected chi connectivity index (χ3v) is 4.34. The van der Waals surface area contributed by atoms with E-state index in [0.29, 0.717) is 22.8 Å². The molecular formula is C17H15BrClN3O. The Hall–Kier alpha value is -1.85. The van der Waals surface area contributed by atoms with E-state index in [9.17, 15) is 4.79 Å². The van der Waals surface area contributed by atoms with Gasteiger partial charge in [0.15, 0.2) is 5.65 Å². The first-order valence-electron chi connectivity index (χ1n) is 7.23. The van der Waals surface area contributed by atoms with Gasteiger partial charge < -0.3 is 5.32 Å². The summed E-state index contributed by atoms with van der Waals surface area (Å²) >= 11 is 9.49. The van der Waals surface area contributed by atoms with E-state index >= 15 is 0 Å². The van der Waals surface area contributed by atoms with Crippen molar-refractivity contribution in [2.75, 3.05) is 5.32 Å². The second-order valence-electron chi connectivity index (χ2n) is 5.28. The summed E-state index contributed by atoms with van der Waals surface area (Å²) in [5, 5.41) is 3.47. The normalized spacial score (nSPS) is 11.0. The molecule has 0 aliphatic carbocycles. The summed E-state index contributed by atoms with van der Waals surface area (Å²) in [6, 6.07) is 9.08. The lowest BCUT2D eigenvalue weighted by molar-refractivity contribution is 0.102. The Morgan fingerprint density at radius 1 is 1.39 bits per heavy atom. The fourth-order valence-corrected chi connectivity index (χ4v) is 3.35. The summed E-state index contributed by atoms with van der Waals surface area (Å²) in [5.41, 5.74) is 3.75. The van der Waals surface area contributed by atoms with Gasteiger partial charge in [-0.3, -0.25) is 9.20 Å². The highest BCUT2D eigenvalue weighted by Crippen LogP contribution is 2.24. The minimum atomic E-state index is -0.200. The maximum Gasteiger partial charge on any atom is 0.274 e. The number of pyridine rings is 1. The van der Waals surface area contributed by atoms with Crippen LogP contribution in [0.3, 0.4) is 0 Å². The molecule has 6 heteroatoms. The second kappa shape index (κ2) is 6.34. The maximum atomic E-state index is 12.8. The van der Waals surface area contributed by atoms with E-state index in [4.69, 9.17) is 11.6 Å². The Morgan fingerprint density at radius 2 is 2.17 bits per heavy atom. The number of aryl methyl sites for hydroxylation is 2. The molecule has 1 N–H and O–H groups in total. The van der Waals surface area contributed by atoms with E-state index in [1.165, 1.54) is 0 Å². The van der Waals surface area contributed by atoms with Gasteiger partial charge in [-0.15, -0.1) is 0 Å². The number of carbonyl (C=O) groups excluding carboxylic acids is 1. The van der Waals surface area contributed by atoms with Crippen molar-refractivity contribution in [3.8, 4) is 0 Å². The summed E-state index contributed by atoms with van der Waals surface area (Å²) < 4.78 is 2.70. The molecule has 3 aromatic rings. The Kier molecular flexibility index (Phi) is 4.41. The first-order valence-corrected chi connectivity index (χ1v) is 8.40. The number of amides is 1. The number of aromatic nitrogens is 2. The standard InChI is InChI=1S/C17H15BrClN3O/c1-3-14-15(17(23)20-12-6-4-5-11(19)8-12)22-9-10(2)7-13(18)16(22)21-14/h4-9H,3H2,1-2H3,(H,20,23). The maximum absolute atomic E-state index is 12.8. The fourth-order valence-electron chi connectivity index (χ4n) is 2.52. The quantitative estimate of drug-likeness (QED) is 0.691. The van der Waals surface area contributed by atoms with Crippen LogP contribution in [0.2, 0.25) is 5.02 Å². The zero-order chi connectivity index (χ0) is 16.6. The van der Waals surface area contributed by atoms with Crippen molar-refractivity contribution in [2.45, 2.75) is 20.3 Å². The smallest absolute Gasteiger partial charge is 0.274 e. The zero-order valence-electron chi connectivity index (χ0n) is 12.7. The van der Waals surface area contributed by atoms with Crippen LogP contribution in [0.15, 0.2) is 41.0 Å². The van der Waals surface area contributed by atoms with Crippen LogP contribution in [0, 0.1) is 6.92 Å². The van der Waals surface area contributed by atoms with Crippen LogP contribution in [0.4, 0.5) is 5.69 Å². The number of rotatable bonds is 3. The summed E-state index contributed by atoms with van der Waals surface area (Å²) in [6.45, 7) is 3.97. The largest absolute Gasteiger partial charge is 0.321 e. The van der Waals surface area contributed by atoms with Crippen LogP contribution >= 0.6 is 27.5 Å². The topological polar surface area (TPSA) is 46.4 Å². The molecule has 1 amide bonds. The zero-order valence-corrected chi connectivity index (χ0v) is 15.1. The number of benzene rings is 1. The van der Waals surface area contributed by atoms with Crippen LogP contribution in [-0.4, -0.2) is 15.3 Å². The molecule has 0 aliphatic rings. The van der Waals surface area contributed by atoms with Gasteiger partial charge in [-0.05, 0) is 59.1 Å². The molecule has 0 fully saturated rings. The number of halogens is 2. The van der Waals surface area contributed by atoms with E-state index in [-0.39, 0.29) is 5.91 Å². The fraction of sp³-hybridized carbons (Fsp3) is 0.176. The number of nitrogens with zero attached hydrogens (tertiary/aromatic N) is 2. The lowest BCUT2D eigenvalue weighted by Crippen LogP contribution is -2.16. The van der Waals surface area contributed by atoms with Gasteiger partial charge in [0.2, 0.25) is 0 Å². The molecule has 0 saturated heterocycles. The molecule has 2 aromatic heterocycles. The van der Waals surface area contributed by atoms with Crippen molar-refractivity contribution in [3.05, 3.63) is 63.0 Å². The van der Waals surface area contributed by atoms with Crippen molar-refractivity contribution in [3.63, 3.8) is 0 Å². The number of fused-ring (bicyclic) bond motifs is 1. The van der Waals surface area contributed by atoms with Crippen molar-refractivity contribution in [1.29, 1.82) is 0 Å². The summed E-state index contributed by atoms with van der Waals surface area (Å²) in [4.78, 5) is 17.4. The molecule has 1 aromatic carbocycles. The molecule has 0 spiro atoms. The van der Waals surface area contributed by atoms with Gasteiger partial charge >= 0.3 is 0 Å². The average molecular weight is 393 g/mol. The highest BCUT2D eigenvalue weighted by molar-refractivity contribution is 9.10. The van der Waals surface area contributed by atoms with Gasteiger partial charge in [0.05, 0.1) is 10.2 Å². The predicted molar refractivity (Wildman–Crippen MR) is 96.4 cm³/mol. The Labute approximate surface area is 147 Å². The summed E-state index contributed by atoms with van der Waals surface area (Å²) in [6.07, 6.45) is 2.59. The SMILES string of the molecule is CCc1nc2c(Br)cc(C)cn2c1C(=O)Nc1cccc(Cl)c1. The molecule has 118 valence electrons. The van der Waals surface area contributed by atoms with Crippen molar-refractivity contribution in [2.24, 2.45) is 0 Å². The molecule has 0 unspecified atom stereocenters. The second-order valence-corrected chi connectivity index (χ2v) is 6.57. The lowest BCUT2D eigenvalue weighted by atomic mass is 10.2. The van der Waals surface area contributed by atoms with E-state index in [2.05, 4.69) is 26.2 Å². The molecule has 0 atom stereocenters. The van der Waals surface area contributed by atoms with Gasteiger partial charge in [0.1, 0.15) is 5.69 Å². The van der Waals surface area contributed by atoms with Gasteiger partial charge in [0, 0.05) is 16.9 Å².